The number of rotatable bonds is 8. The first-order valence-electron chi connectivity index (χ1n) is 9.54. The number of guanidine groups is 1. The van der Waals surface area contributed by atoms with Gasteiger partial charge in [-0.25, -0.2) is 0 Å². The van der Waals surface area contributed by atoms with Crippen LogP contribution in [-0.2, 0) is 11.3 Å². The summed E-state index contributed by atoms with van der Waals surface area (Å²) in [6.07, 6.45) is 1.71. The van der Waals surface area contributed by atoms with Gasteiger partial charge in [0.05, 0.1) is 20.3 Å². The third kappa shape index (κ3) is 5.25. The van der Waals surface area contributed by atoms with E-state index in [0.29, 0.717) is 13.2 Å². The number of benzene rings is 1. The zero-order chi connectivity index (χ0) is 19.8. The van der Waals surface area contributed by atoms with E-state index in [9.17, 15) is 5.11 Å². The summed E-state index contributed by atoms with van der Waals surface area (Å²) in [5, 5.41) is 16.1. The Kier molecular flexibility index (Phi) is 7.30. The van der Waals surface area contributed by atoms with E-state index in [1.54, 1.807) is 25.5 Å². The Labute approximate surface area is 170 Å². The maximum Gasteiger partial charge on any atom is 0.191 e. The topological polar surface area (TPSA) is 75.1 Å². The lowest BCUT2D eigenvalue weighted by Gasteiger charge is -2.27. The summed E-state index contributed by atoms with van der Waals surface area (Å²) < 4.78 is 10.8. The van der Waals surface area contributed by atoms with Crippen LogP contribution in [0.15, 0.2) is 41.4 Å². The molecule has 0 spiro atoms. The van der Waals surface area contributed by atoms with Gasteiger partial charge in [-0.1, -0.05) is 0 Å². The van der Waals surface area contributed by atoms with Gasteiger partial charge in [-0.15, -0.1) is 11.3 Å². The van der Waals surface area contributed by atoms with Crippen LogP contribution in [0.2, 0.25) is 0 Å². The molecule has 1 aliphatic heterocycles. The van der Waals surface area contributed by atoms with Crippen LogP contribution in [0, 0.1) is 5.41 Å². The van der Waals surface area contributed by atoms with Crippen molar-refractivity contribution in [1.29, 1.82) is 0 Å². The van der Waals surface area contributed by atoms with Gasteiger partial charge in [0.1, 0.15) is 5.75 Å². The standard InChI is InChI=1S/C21H29N3O3S/c1-22-20(24-14-21(9-11-25)10-12-27-15-21)23-13-18-7-8-19(28-18)16-3-5-17(26-2)6-4-16/h3-8,25H,9-15H2,1-2H3,(H2,22,23,24). The van der Waals surface area contributed by atoms with Crippen molar-refractivity contribution < 1.29 is 14.6 Å². The summed E-state index contributed by atoms with van der Waals surface area (Å²) in [6.45, 7) is 3.09. The second-order valence-electron chi connectivity index (χ2n) is 7.05. The Morgan fingerprint density at radius 2 is 2.07 bits per heavy atom. The monoisotopic (exact) mass is 403 g/mol. The first kappa shape index (κ1) is 20.6. The zero-order valence-electron chi connectivity index (χ0n) is 16.5. The van der Waals surface area contributed by atoms with E-state index in [0.717, 1.165) is 37.7 Å². The number of aliphatic hydroxyl groups is 1. The molecular weight excluding hydrogens is 374 g/mol. The van der Waals surface area contributed by atoms with Gasteiger partial charge in [0.25, 0.3) is 0 Å². The van der Waals surface area contributed by atoms with Gasteiger partial charge in [-0.2, -0.15) is 0 Å². The maximum atomic E-state index is 9.36. The number of aliphatic hydroxyl groups excluding tert-OH is 1. The zero-order valence-corrected chi connectivity index (χ0v) is 17.3. The fraction of sp³-hybridized carbons (Fsp3) is 0.476. The minimum Gasteiger partial charge on any atom is -0.497 e. The number of hydrogen-bond donors (Lipinski definition) is 3. The first-order chi connectivity index (χ1) is 13.7. The maximum absolute atomic E-state index is 9.36. The highest BCUT2D eigenvalue weighted by molar-refractivity contribution is 7.15. The number of nitrogens with one attached hydrogen (secondary N) is 2. The minimum absolute atomic E-state index is 0.00314. The van der Waals surface area contributed by atoms with Crippen molar-refractivity contribution in [3.8, 4) is 16.2 Å². The van der Waals surface area contributed by atoms with E-state index in [4.69, 9.17) is 9.47 Å². The summed E-state index contributed by atoms with van der Waals surface area (Å²) >= 11 is 1.76. The van der Waals surface area contributed by atoms with Crippen LogP contribution in [0.4, 0.5) is 0 Å². The second kappa shape index (κ2) is 9.91. The average molecular weight is 404 g/mol. The summed E-state index contributed by atoms with van der Waals surface area (Å²) in [5.74, 6) is 1.63. The van der Waals surface area contributed by atoms with Crippen LogP contribution in [0.3, 0.4) is 0 Å². The van der Waals surface area contributed by atoms with Crippen molar-refractivity contribution in [3.63, 3.8) is 0 Å². The molecule has 2 aromatic rings. The second-order valence-corrected chi connectivity index (χ2v) is 8.22. The quantitative estimate of drug-likeness (QED) is 0.467. The molecule has 3 rings (SSSR count). The van der Waals surface area contributed by atoms with E-state index in [1.165, 1.54) is 15.3 Å². The van der Waals surface area contributed by atoms with Gasteiger partial charge in [0.15, 0.2) is 5.96 Å². The van der Waals surface area contributed by atoms with Gasteiger partial charge in [0.2, 0.25) is 0 Å². The predicted octanol–water partition coefficient (Wildman–Crippen LogP) is 2.88. The Morgan fingerprint density at radius 3 is 2.71 bits per heavy atom. The van der Waals surface area contributed by atoms with Crippen LogP contribution in [-0.4, -0.2) is 51.6 Å². The lowest BCUT2D eigenvalue weighted by Crippen LogP contribution is -2.44. The van der Waals surface area contributed by atoms with E-state index >= 15 is 0 Å². The molecule has 0 saturated carbocycles. The molecule has 1 aliphatic rings. The fourth-order valence-electron chi connectivity index (χ4n) is 3.36. The molecule has 1 aromatic carbocycles. The number of methoxy groups -OCH3 is 1. The van der Waals surface area contributed by atoms with Crippen molar-refractivity contribution in [2.45, 2.75) is 19.4 Å². The number of thiophene rings is 1. The van der Waals surface area contributed by atoms with Gasteiger partial charge < -0.3 is 25.2 Å². The predicted molar refractivity (Wildman–Crippen MR) is 114 cm³/mol. The summed E-state index contributed by atoms with van der Waals surface area (Å²) in [4.78, 5) is 6.79. The number of hydrogen-bond acceptors (Lipinski definition) is 5. The van der Waals surface area contributed by atoms with Crippen LogP contribution in [0.5, 0.6) is 5.75 Å². The molecule has 1 atom stereocenters. The minimum atomic E-state index is -0.00314. The van der Waals surface area contributed by atoms with Crippen molar-refractivity contribution in [1.82, 2.24) is 10.6 Å². The smallest absolute Gasteiger partial charge is 0.191 e. The molecule has 6 nitrogen and oxygen atoms in total. The lowest BCUT2D eigenvalue weighted by atomic mass is 9.84. The van der Waals surface area contributed by atoms with Gasteiger partial charge in [0, 0.05) is 42.0 Å². The molecular formula is C21H29N3O3S. The SMILES string of the molecule is CN=C(NCc1ccc(-c2ccc(OC)cc2)s1)NCC1(CCO)CCOC1. The lowest BCUT2D eigenvalue weighted by molar-refractivity contribution is 0.127. The summed E-state index contributed by atoms with van der Waals surface area (Å²) in [7, 11) is 3.45. The van der Waals surface area contributed by atoms with Crippen molar-refractivity contribution in [3.05, 3.63) is 41.3 Å². The highest BCUT2D eigenvalue weighted by Gasteiger charge is 2.34. The molecule has 0 aliphatic carbocycles. The third-order valence-corrected chi connectivity index (χ3v) is 6.28. The van der Waals surface area contributed by atoms with E-state index in [-0.39, 0.29) is 12.0 Å². The summed E-state index contributed by atoms with van der Waals surface area (Å²) in [6, 6.07) is 12.4. The highest BCUT2D eigenvalue weighted by Crippen LogP contribution is 2.31. The molecule has 0 radical (unpaired) electrons. The van der Waals surface area contributed by atoms with Crippen LogP contribution >= 0.6 is 11.3 Å². The number of aliphatic imine (C=N–C) groups is 1. The largest absolute Gasteiger partial charge is 0.497 e. The van der Waals surface area contributed by atoms with Gasteiger partial charge in [-0.05, 0) is 54.8 Å². The molecule has 1 saturated heterocycles. The molecule has 0 amide bonds. The van der Waals surface area contributed by atoms with Crippen LogP contribution < -0.4 is 15.4 Å². The number of nitrogens with zero attached hydrogens (tertiary/aromatic N) is 1. The van der Waals surface area contributed by atoms with E-state index < -0.39 is 0 Å². The fourth-order valence-corrected chi connectivity index (χ4v) is 4.31. The molecule has 2 heterocycles. The molecule has 3 N–H and O–H groups in total. The molecule has 1 fully saturated rings. The summed E-state index contributed by atoms with van der Waals surface area (Å²) in [5.41, 5.74) is 1.18. The highest BCUT2D eigenvalue weighted by atomic mass is 32.1. The van der Waals surface area contributed by atoms with Gasteiger partial charge in [-0.3, -0.25) is 4.99 Å². The molecule has 152 valence electrons. The normalized spacial score (nSPS) is 19.6. The third-order valence-electron chi connectivity index (χ3n) is 5.15. The van der Waals surface area contributed by atoms with Crippen molar-refractivity contribution >= 4 is 17.3 Å². The molecule has 1 unspecified atom stereocenters. The van der Waals surface area contributed by atoms with Gasteiger partial charge >= 0.3 is 0 Å². The Morgan fingerprint density at radius 1 is 1.25 bits per heavy atom. The van der Waals surface area contributed by atoms with E-state index in [2.05, 4.69) is 39.9 Å². The molecule has 0 bridgehead atoms. The van der Waals surface area contributed by atoms with Crippen LogP contribution in [0.25, 0.3) is 10.4 Å². The first-order valence-corrected chi connectivity index (χ1v) is 10.4. The Hall–Kier alpha value is -2.09. The van der Waals surface area contributed by atoms with Crippen molar-refractivity contribution in [2.75, 3.05) is 40.5 Å². The molecule has 28 heavy (non-hydrogen) atoms. The van der Waals surface area contributed by atoms with E-state index in [1.807, 2.05) is 12.1 Å². The Bertz CT molecular complexity index is 767. The van der Waals surface area contributed by atoms with Crippen molar-refractivity contribution in [2.24, 2.45) is 10.4 Å². The molecule has 1 aromatic heterocycles. The Balaban J connectivity index is 1.53. The molecule has 7 heteroatoms. The average Bonchev–Trinajstić information content (AvgIpc) is 3.39. The van der Waals surface area contributed by atoms with Crippen LogP contribution in [0.1, 0.15) is 17.7 Å². The number of ether oxygens (including phenoxy) is 2.